The molecule has 2 heterocycles. The van der Waals surface area contributed by atoms with Crippen LogP contribution in [-0.4, -0.2) is 35.3 Å². The summed E-state index contributed by atoms with van der Waals surface area (Å²) in [6.45, 7) is 3.74. The number of aromatic nitrogens is 1. The van der Waals surface area contributed by atoms with Gasteiger partial charge >= 0.3 is 0 Å². The van der Waals surface area contributed by atoms with E-state index in [9.17, 15) is 9.59 Å². The van der Waals surface area contributed by atoms with Crippen molar-refractivity contribution in [3.05, 3.63) is 58.8 Å². The fourth-order valence-electron chi connectivity index (χ4n) is 2.52. The maximum absolute atomic E-state index is 12.5. The lowest BCUT2D eigenvalue weighted by atomic mass is 10.2. The van der Waals surface area contributed by atoms with Gasteiger partial charge in [-0.3, -0.25) is 9.59 Å². The zero-order valence-electron chi connectivity index (χ0n) is 15.5. The number of likely N-dealkylation sites (N-methyl/N-ethyl adjacent to an activating group) is 1. The highest BCUT2D eigenvalue weighted by Crippen LogP contribution is 2.26. The van der Waals surface area contributed by atoms with Gasteiger partial charge in [-0.05, 0) is 37.4 Å². The topological polar surface area (TPSA) is 75.4 Å². The number of aryl methyl sites for hydroxylation is 2. The average Bonchev–Trinajstić information content (AvgIpc) is 3.27. The van der Waals surface area contributed by atoms with E-state index in [1.54, 1.807) is 14.0 Å². The third-order valence-electron chi connectivity index (χ3n) is 4.09. The minimum atomic E-state index is -0.245. The normalized spacial score (nSPS) is 10.6. The van der Waals surface area contributed by atoms with Gasteiger partial charge in [0.25, 0.3) is 0 Å². The summed E-state index contributed by atoms with van der Waals surface area (Å²) in [5.74, 6) is 0.698. The van der Waals surface area contributed by atoms with Crippen LogP contribution in [0.2, 0.25) is 0 Å². The number of hydrogen-bond donors (Lipinski definition) is 1. The highest BCUT2D eigenvalue weighted by Gasteiger charge is 2.19. The van der Waals surface area contributed by atoms with E-state index in [0.29, 0.717) is 23.0 Å². The molecule has 6 nitrogen and oxygen atoms in total. The number of benzene rings is 1. The zero-order chi connectivity index (χ0) is 19.4. The summed E-state index contributed by atoms with van der Waals surface area (Å²) in [5, 5.41) is 4.73. The quantitative estimate of drug-likeness (QED) is 0.705. The predicted octanol–water partition coefficient (Wildman–Crippen LogP) is 3.66. The molecule has 0 saturated carbocycles. The fraction of sp³-hybridized carbons (Fsp3) is 0.250. The van der Waals surface area contributed by atoms with Crippen LogP contribution in [0.15, 0.2) is 46.2 Å². The molecule has 0 bridgehead atoms. The van der Waals surface area contributed by atoms with Gasteiger partial charge in [0.2, 0.25) is 17.7 Å². The first kappa shape index (κ1) is 18.8. The van der Waals surface area contributed by atoms with E-state index in [1.165, 1.54) is 16.2 Å². The number of oxazole rings is 1. The maximum atomic E-state index is 12.5. The lowest BCUT2D eigenvalue weighted by Gasteiger charge is -2.16. The van der Waals surface area contributed by atoms with Crippen LogP contribution in [0.25, 0.3) is 10.8 Å². The molecule has 0 fully saturated rings. The molecule has 0 spiro atoms. The number of nitrogens with one attached hydrogen (secondary N) is 1. The minimum Gasteiger partial charge on any atom is -0.440 e. The molecule has 2 aromatic heterocycles. The van der Waals surface area contributed by atoms with Gasteiger partial charge in [-0.25, -0.2) is 4.98 Å². The van der Waals surface area contributed by atoms with Crippen molar-refractivity contribution in [2.45, 2.75) is 20.3 Å². The van der Waals surface area contributed by atoms with Gasteiger partial charge in [0.15, 0.2) is 0 Å². The molecule has 0 aliphatic rings. The summed E-state index contributed by atoms with van der Waals surface area (Å²) in [6.07, 6.45) is 0.0923. The molecular formula is C20H21N3O3S. The molecular weight excluding hydrogens is 362 g/mol. The second-order valence-corrected chi connectivity index (χ2v) is 7.29. The Labute approximate surface area is 161 Å². The molecule has 0 atom stereocenters. The molecule has 0 aliphatic heterocycles. The summed E-state index contributed by atoms with van der Waals surface area (Å²) in [7, 11) is 1.60. The van der Waals surface area contributed by atoms with Gasteiger partial charge < -0.3 is 14.6 Å². The van der Waals surface area contributed by atoms with Crippen molar-refractivity contribution in [2.24, 2.45) is 0 Å². The van der Waals surface area contributed by atoms with Crippen LogP contribution >= 0.6 is 11.3 Å². The number of rotatable bonds is 6. The van der Waals surface area contributed by atoms with Gasteiger partial charge in [-0.15, -0.1) is 11.3 Å². The molecule has 0 saturated heterocycles. The van der Waals surface area contributed by atoms with Crippen molar-refractivity contribution in [3.63, 3.8) is 0 Å². The second kappa shape index (κ2) is 8.18. The van der Waals surface area contributed by atoms with Gasteiger partial charge in [-0.1, -0.05) is 23.8 Å². The van der Waals surface area contributed by atoms with E-state index in [0.717, 1.165) is 10.4 Å². The molecule has 3 rings (SSSR count). The summed E-state index contributed by atoms with van der Waals surface area (Å²) in [6, 6.07) is 11.3. The smallest absolute Gasteiger partial charge is 0.243 e. The van der Waals surface area contributed by atoms with E-state index in [-0.39, 0.29) is 24.8 Å². The van der Waals surface area contributed by atoms with Gasteiger partial charge in [0.1, 0.15) is 5.76 Å². The van der Waals surface area contributed by atoms with Crippen molar-refractivity contribution >= 4 is 28.8 Å². The van der Waals surface area contributed by atoms with Crippen LogP contribution in [0, 0.1) is 13.8 Å². The lowest BCUT2D eigenvalue weighted by Crippen LogP contribution is -2.36. The predicted molar refractivity (Wildman–Crippen MR) is 106 cm³/mol. The van der Waals surface area contributed by atoms with Crippen molar-refractivity contribution in [3.8, 4) is 10.8 Å². The van der Waals surface area contributed by atoms with Crippen LogP contribution in [0.5, 0.6) is 0 Å². The molecule has 1 N–H and O–H groups in total. The number of carbonyl (C=O) groups excluding carboxylic acids is 2. The number of anilines is 1. The third-order valence-corrected chi connectivity index (χ3v) is 4.94. The second-order valence-electron chi connectivity index (χ2n) is 6.34. The molecule has 0 radical (unpaired) electrons. The van der Waals surface area contributed by atoms with Crippen molar-refractivity contribution < 1.29 is 14.0 Å². The monoisotopic (exact) mass is 383 g/mol. The van der Waals surface area contributed by atoms with Gasteiger partial charge in [-0.2, -0.15) is 0 Å². The van der Waals surface area contributed by atoms with Crippen LogP contribution in [0.3, 0.4) is 0 Å². The lowest BCUT2D eigenvalue weighted by molar-refractivity contribution is -0.132. The van der Waals surface area contributed by atoms with Crippen molar-refractivity contribution in [1.82, 2.24) is 9.88 Å². The molecule has 27 heavy (non-hydrogen) atoms. The summed E-state index contributed by atoms with van der Waals surface area (Å²) in [5.41, 5.74) is 2.42. The Morgan fingerprint density at radius 1 is 1.19 bits per heavy atom. The highest BCUT2D eigenvalue weighted by molar-refractivity contribution is 7.13. The number of nitrogens with zero attached hydrogens (tertiary/aromatic N) is 2. The molecule has 7 heteroatoms. The average molecular weight is 383 g/mol. The zero-order valence-corrected chi connectivity index (χ0v) is 16.3. The molecule has 140 valence electrons. The molecule has 1 aromatic carbocycles. The van der Waals surface area contributed by atoms with Crippen molar-refractivity contribution in [2.75, 3.05) is 18.9 Å². The number of thiophene rings is 1. The Balaban J connectivity index is 1.57. The van der Waals surface area contributed by atoms with Gasteiger partial charge in [0.05, 0.1) is 23.5 Å². The van der Waals surface area contributed by atoms with Gasteiger partial charge in [0, 0.05) is 12.7 Å². The van der Waals surface area contributed by atoms with E-state index in [4.69, 9.17) is 4.42 Å². The SMILES string of the molecule is Cc1ccc(NC(=O)CN(C)C(=O)Cc2nc(-c3cccs3)oc2C)cc1. The van der Waals surface area contributed by atoms with Crippen LogP contribution in [0.4, 0.5) is 5.69 Å². The fourth-order valence-corrected chi connectivity index (χ4v) is 3.17. The highest BCUT2D eigenvalue weighted by atomic mass is 32.1. The van der Waals surface area contributed by atoms with Crippen LogP contribution < -0.4 is 5.32 Å². The Morgan fingerprint density at radius 2 is 1.93 bits per heavy atom. The number of amides is 2. The molecule has 3 aromatic rings. The number of hydrogen-bond acceptors (Lipinski definition) is 5. The summed E-state index contributed by atoms with van der Waals surface area (Å²) in [4.78, 5) is 31.3. The molecule has 0 unspecified atom stereocenters. The molecule has 0 aliphatic carbocycles. The standard InChI is InChI=1S/C20H21N3O3S/c1-13-6-8-15(9-7-13)21-18(24)12-23(3)19(25)11-16-14(2)26-20(22-16)17-5-4-10-27-17/h4-10H,11-12H2,1-3H3,(H,21,24). The van der Waals surface area contributed by atoms with E-state index >= 15 is 0 Å². The largest absolute Gasteiger partial charge is 0.440 e. The summed E-state index contributed by atoms with van der Waals surface area (Å²) < 4.78 is 5.66. The Hall–Kier alpha value is -2.93. The third kappa shape index (κ3) is 4.83. The Morgan fingerprint density at radius 3 is 2.59 bits per heavy atom. The van der Waals surface area contributed by atoms with Crippen LogP contribution in [0.1, 0.15) is 17.0 Å². The van der Waals surface area contributed by atoms with Crippen LogP contribution in [-0.2, 0) is 16.0 Å². The first-order chi connectivity index (χ1) is 12.9. The Kier molecular flexibility index (Phi) is 5.71. The maximum Gasteiger partial charge on any atom is 0.243 e. The number of carbonyl (C=O) groups is 2. The first-order valence-electron chi connectivity index (χ1n) is 8.53. The molecule has 2 amide bonds. The van der Waals surface area contributed by atoms with E-state index in [1.807, 2.05) is 48.7 Å². The van der Waals surface area contributed by atoms with Crippen molar-refractivity contribution in [1.29, 1.82) is 0 Å². The minimum absolute atomic E-state index is 0.0264. The first-order valence-corrected chi connectivity index (χ1v) is 9.41. The Bertz CT molecular complexity index is 930. The van der Waals surface area contributed by atoms with E-state index < -0.39 is 0 Å². The van der Waals surface area contributed by atoms with E-state index in [2.05, 4.69) is 10.3 Å². The summed E-state index contributed by atoms with van der Waals surface area (Å²) >= 11 is 1.53.